The summed E-state index contributed by atoms with van der Waals surface area (Å²) < 4.78 is 11.4. The Morgan fingerprint density at radius 2 is 1.58 bits per heavy atom. The second kappa shape index (κ2) is 12.7. The molecule has 0 spiro atoms. The lowest BCUT2D eigenvalue weighted by atomic mass is 10.0. The van der Waals surface area contributed by atoms with E-state index in [4.69, 9.17) is 9.47 Å². The van der Waals surface area contributed by atoms with Crippen LogP contribution in [0.25, 0.3) is 0 Å². The summed E-state index contributed by atoms with van der Waals surface area (Å²) in [5, 5.41) is 8.98. The predicted molar refractivity (Wildman–Crippen MR) is 139 cm³/mol. The summed E-state index contributed by atoms with van der Waals surface area (Å²) in [5.74, 6) is -0.183. The Hall–Kier alpha value is -3.88. The summed E-state index contributed by atoms with van der Waals surface area (Å²) in [6.45, 7) is 5.20. The Bertz CT molecular complexity index is 1100. The Kier molecular flexibility index (Phi) is 8.91. The van der Waals surface area contributed by atoms with Crippen molar-refractivity contribution < 1.29 is 19.1 Å². The van der Waals surface area contributed by atoms with Gasteiger partial charge in [-0.15, -0.1) is 0 Å². The van der Waals surface area contributed by atoms with Crippen LogP contribution < -0.4 is 20.7 Å². The van der Waals surface area contributed by atoms with Crippen LogP contribution in [0.5, 0.6) is 5.75 Å². The SMILES string of the molecule is COC(=O)c1cc(NC(=O)NCCN2CCNCC2)ccc1OC(c1ccccc1)c1ccccc1. The van der Waals surface area contributed by atoms with Gasteiger partial charge in [-0.1, -0.05) is 60.7 Å². The van der Waals surface area contributed by atoms with E-state index in [0.717, 1.165) is 43.9 Å². The Morgan fingerprint density at radius 1 is 0.944 bits per heavy atom. The highest BCUT2D eigenvalue weighted by Crippen LogP contribution is 2.32. The Morgan fingerprint density at radius 3 is 2.19 bits per heavy atom. The number of hydrogen-bond acceptors (Lipinski definition) is 6. The number of rotatable bonds is 9. The second-order valence-electron chi connectivity index (χ2n) is 8.49. The molecule has 36 heavy (non-hydrogen) atoms. The molecule has 0 aliphatic carbocycles. The molecule has 1 aliphatic heterocycles. The van der Waals surface area contributed by atoms with Crippen LogP contribution in [0, 0.1) is 0 Å². The first-order valence-corrected chi connectivity index (χ1v) is 12.1. The highest BCUT2D eigenvalue weighted by molar-refractivity contribution is 5.96. The summed E-state index contributed by atoms with van der Waals surface area (Å²) in [4.78, 5) is 27.4. The molecule has 0 aromatic heterocycles. The number of methoxy groups -OCH3 is 1. The van der Waals surface area contributed by atoms with Crippen LogP contribution in [0.2, 0.25) is 0 Å². The minimum atomic E-state index is -0.548. The maximum Gasteiger partial charge on any atom is 0.341 e. The van der Waals surface area contributed by atoms with Crippen LogP contribution in [-0.2, 0) is 4.74 Å². The largest absolute Gasteiger partial charge is 0.480 e. The molecule has 0 unspecified atom stereocenters. The molecule has 1 saturated heterocycles. The van der Waals surface area contributed by atoms with Gasteiger partial charge >= 0.3 is 12.0 Å². The summed E-state index contributed by atoms with van der Waals surface area (Å²) in [6.07, 6.45) is -0.428. The van der Waals surface area contributed by atoms with E-state index < -0.39 is 12.1 Å². The fraction of sp³-hybridized carbons (Fsp3) is 0.286. The molecule has 3 N–H and O–H groups in total. The number of anilines is 1. The zero-order valence-corrected chi connectivity index (χ0v) is 20.4. The van der Waals surface area contributed by atoms with Crippen LogP contribution in [0.4, 0.5) is 10.5 Å². The number of nitrogens with one attached hydrogen (secondary N) is 3. The monoisotopic (exact) mass is 488 g/mol. The minimum absolute atomic E-state index is 0.230. The Balaban J connectivity index is 1.48. The fourth-order valence-electron chi connectivity index (χ4n) is 4.13. The molecule has 188 valence electrons. The number of esters is 1. The zero-order valence-electron chi connectivity index (χ0n) is 20.4. The van der Waals surface area contributed by atoms with Gasteiger partial charge in [0, 0.05) is 45.0 Å². The molecule has 1 aliphatic rings. The molecule has 4 rings (SSSR count). The van der Waals surface area contributed by atoms with Crippen LogP contribution in [-0.4, -0.2) is 63.3 Å². The third kappa shape index (κ3) is 6.84. The standard InChI is InChI=1S/C28H32N4O4/c1-35-27(33)24-20-23(31-28(34)30-16-19-32-17-14-29-15-18-32)12-13-25(24)36-26(21-8-4-2-5-9-21)22-10-6-3-7-11-22/h2-13,20,26,29H,14-19H2,1H3,(H2,30,31,34). The number of carbonyl (C=O) groups excluding carboxylic acids is 2. The van der Waals surface area contributed by atoms with Crippen molar-refractivity contribution in [3.63, 3.8) is 0 Å². The van der Waals surface area contributed by atoms with E-state index in [1.54, 1.807) is 18.2 Å². The molecule has 0 atom stereocenters. The Labute approximate surface area is 211 Å². The van der Waals surface area contributed by atoms with E-state index in [-0.39, 0.29) is 11.6 Å². The first-order valence-electron chi connectivity index (χ1n) is 12.1. The lowest BCUT2D eigenvalue weighted by Gasteiger charge is -2.27. The van der Waals surface area contributed by atoms with E-state index in [1.807, 2.05) is 60.7 Å². The summed E-state index contributed by atoms with van der Waals surface area (Å²) in [6, 6.07) is 24.2. The zero-order chi connectivity index (χ0) is 25.2. The lowest BCUT2D eigenvalue weighted by molar-refractivity contribution is 0.0594. The average molecular weight is 489 g/mol. The first-order chi connectivity index (χ1) is 17.6. The quantitative estimate of drug-likeness (QED) is 0.398. The maximum absolute atomic E-state index is 12.6. The molecule has 0 radical (unpaired) electrons. The number of carbonyl (C=O) groups is 2. The van der Waals surface area contributed by atoms with Gasteiger partial charge in [-0.3, -0.25) is 4.90 Å². The van der Waals surface area contributed by atoms with Crippen LogP contribution in [0.3, 0.4) is 0 Å². The summed E-state index contributed by atoms with van der Waals surface area (Å²) >= 11 is 0. The van der Waals surface area contributed by atoms with Crippen LogP contribution >= 0.6 is 0 Å². The molecule has 3 aromatic carbocycles. The summed E-state index contributed by atoms with van der Waals surface area (Å²) in [5.41, 5.74) is 2.60. The third-order valence-corrected chi connectivity index (χ3v) is 6.02. The van der Waals surface area contributed by atoms with Crippen LogP contribution in [0.15, 0.2) is 78.9 Å². The van der Waals surface area contributed by atoms with Gasteiger partial charge in [0.25, 0.3) is 0 Å². The number of benzene rings is 3. The van der Waals surface area contributed by atoms with Gasteiger partial charge in [0.05, 0.1) is 7.11 Å². The van der Waals surface area contributed by atoms with Crippen molar-refractivity contribution in [2.24, 2.45) is 0 Å². The van der Waals surface area contributed by atoms with E-state index in [2.05, 4.69) is 20.9 Å². The van der Waals surface area contributed by atoms with Gasteiger partial charge in [-0.25, -0.2) is 9.59 Å². The van der Waals surface area contributed by atoms with E-state index in [1.165, 1.54) is 7.11 Å². The summed E-state index contributed by atoms with van der Waals surface area (Å²) in [7, 11) is 1.32. The highest BCUT2D eigenvalue weighted by atomic mass is 16.5. The number of urea groups is 1. The van der Waals surface area contributed by atoms with Crippen molar-refractivity contribution in [1.29, 1.82) is 0 Å². The second-order valence-corrected chi connectivity index (χ2v) is 8.49. The van der Waals surface area contributed by atoms with Crippen molar-refractivity contribution in [2.75, 3.05) is 51.7 Å². The molecular weight excluding hydrogens is 456 g/mol. The van der Waals surface area contributed by atoms with Gasteiger partial charge in [0.15, 0.2) is 0 Å². The van der Waals surface area contributed by atoms with Gasteiger partial charge in [-0.2, -0.15) is 0 Å². The molecule has 0 bridgehead atoms. The van der Waals surface area contributed by atoms with Gasteiger partial charge in [0.1, 0.15) is 17.4 Å². The van der Waals surface area contributed by atoms with Crippen molar-refractivity contribution in [1.82, 2.24) is 15.5 Å². The number of nitrogens with zero attached hydrogens (tertiary/aromatic N) is 1. The van der Waals surface area contributed by atoms with Crippen LogP contribution in [0.1, 0.15) is 27.6 Å². The van der Waals surface area contributed by atoms with E-state index in [0.29, 0.717) is 18.0 Å². The van der Waals surface area contributed by atoms with E-state index >= 15 is 0 Å². The maximum atomic E-state index is 12.6. The molecule has 1 fully saturated rings. The third-order valence-electron chi connectivity index (χ3n) is 6.02. The van der Waals surface area contributed by atoms with E-state index in [9.17, 15) is 9.59 Å². The normalized spacial score (nSPS) is 13.7. The lowest BCUT2D eigenvalue weighted by Crippen LogP contribution is -2.46. The van der Waals surface area contributed by atoms with Crippen molar-refractivity contribution >= 4 is 17.7 Å². The topological polar surface area (TPSA) is 91.9 Å². The molecule has 8 nitrogen and oxygen atoms in total. The van der Waals surface area contributed by atoms with Gasteiger partial charge in [-0.05, 0) is 29.3 Å². The molecule has 1 heterocycles. The number of ether oxygens (including phenoxy) is 2. The molecule has 8 heteroatoms. The fourth-order valence-corrected chi connectivity index (χ4v) is 4.13. The van der Waals surface area contributed by atoms with Crippen molar-refractivity contribution in [3.05, 3.63) is 95.6 Å². The van der Waals surface area contributed by atoms with Crippen molar-refractivity contribution in [2.45, 2.75) is 6.10 Å². The minimum Gasteiger partial charge on any atom is -0.480 e. The van der Waals surface area contributed by atoms with Gasteiger partial charge < -0.3 is 25.4 Å². The molecule has 3 aromatic rings. The predicted octanol–water partition coefficient (Wildman–Crippen LogP) is 3.67. The number of amides is 2. The molecule has 2 amide bonds. The first kappa shape index (κ1) is 25.2. The highest BCUT2D eigenvalue weighted by Gasteiger charge is 2.21. The number of hydrogen-bond donors (Lipinski definition) is 3. The molecular formula is C28H32N4O4. The van der Waals surface area contributed by atoms with Crippen molar-refractivity contribution in [3.8, 4) is 5.75 Å². The average Bonchev–Trinajstić information content (AvgIpc) is 2.93. The molecule has 0 saturated carbocycles. The number of piperazine rings is 1. The smallest absolute Gasteiger partial charge is 0.341 e. The van der Waals surface area contributed by atoms with Gasteiger partial charge in [0.2, 0.25) is 0 Å².